The molecule has 0 saturated carbocycles. The predicted octanol–water partition coefficient (Wildman–Crippen LogP) is -1.59. The van der Waals surface area contributed by atoms with Crippen molar-refractivity contribution in [3.8, 4) is 0 Å². The molecular weight excluding hydrogens is 278 g/mol. The van der Waals surface area contributed by atoms with Gasteiger partial charge in [0.05, 0.1) is 6.54 Å². The Bertz CT molecular complexity index is 434. The Labute approximate surface area is 122 Å². The molecule has 0 aliphatic heterocycles. The SMILES string of the molecule is CC(NC(=O)CCN(C)C(=O)/C=C\C=O)C(=O)NCC=O. The second-order valence-corrected chi connectivity index (χ2v) is 4.21. The summed E-state index contributed by atoms with van der Waals surface area (Å²) >= 11 is 0. The molecule has 3 amide bonds. The van der Waals surface area contributed by atoms with Gasteiger partial charge in [-0.2, -0.15) is 0 Å². The lowest BCUT2D eigenvalue weighted by molar-refractivity contribution is -0.130. The predicted molar refractivity (Wildman–Crippen MR) is 74.1 cm³/mol. The minimum absolute atomic E-state index is 0.0163. The van der Waals surface area contributed by atoms with E-state index in [0.717, 1.165) is 12.2 Å². The highest BCUT2D eigenvalue weighted by Crippen LogP contribution is 1.92. The molecule has 8 heteroatoms. The molecule has 21 heavy (non-hydrogen) atoms. The van der Waals surface area contributed by atoms with Crippen molar-refractivity contribution in [1.29, 1.82) is 0 Å². The zero-order valence-electron chi connectivity index (χ0n) is 12.0. The van der Waals surface area contributed by atoms with Gasteiger partial charge in [0.15, 0.2) is 0 Å². The second-order valence-electron chi connectivity index (χ2n) is 4.21. The van der Waals surface area contributed by atoms with Crippen molar-refractivity contribution in [2.45, 2.75) is 19.4 Å². The summed E-state index contributed by atoms with van der Waals surface area (Å²) in [6.07, 6.45) is 3.21. The normalized spacial score (nSPS) is 11.5. The maximum atomic E-state index is 11.6. The van der Waals surface area contributed by atoms with Crippen LogP contribution in [-0.2, 0) is 24.0 Å². The van der Waals surface area contributed by atoms with E-state index < -0.39 is 23.8 Å². The number of carbonyl (C=O) groups is 5. The van der Waals surface area contributed by atoms with Gasteiger partial charge in [0, 0.05) is 26.1 Å². The fraction of sp³-hybridized carbons (Fsp3) is 0.462. The van der Waals surface area contributed by atoms with E-state index in [0.29, 0.717) is 12.6 Å². The highest BCUT2D eigenvalue weighted by atomic mass is 16.2. The first-order valence-corrected chi connectivity index (χ1v) is 6.30. The van der Waals surface area contributed by atoms with Crippen molar-refractivity contribution in [3.63, 3.8) is 0 Å². The summed E-state index contributed by atoms with van der Waals surface area (Å²) < 4.78 is 0. The third kappa shape index (κ3) is 8.30. The molecule has 116 valence electrons. The van der Waals surface area contributed by atoms with Gasteiger partial charge in [-0.05, 0) is 13.0 Å². The van der Waals surface area contributed by atoms with E-state index in [4.69, 9.17) is 0 Å². The molecule has 0 aromatic rings. The Kier molecular flexibility index (Phi) is 9.07. The molecule has 8 nitrogen and oxygen atoms in total. The average Bonchev–Trinajstić information content (AvgIpc) is 2.47. The Morgan fingerprint density at radius 3 is 2.48 bits per heavy atom. The van der Waals surface area contributed by atoms with Crippen molar-refractivity contribution >= 4 is 30.3 Å². The van der Waals surface area contributed by atoms with E-state index in [1.54, 1.807) is 0 Å². The van der Waals surface area contributed by atoms with Crippen LogP contribution >= 0.6 is 0 Å². The maximum absolute atomic E-state index is 11.6. The number of aldehydes is 2. The highest BCUT2D eigenvalue weighted by Gasteiger charge is 2.15. The second kappa shape index (κ2) is 10.3. The first-order chi connectivity index (χ1) is 9.92. The van der Waals surface area contributed by atoms with E-state index in [1.165, 1.54) is 18.9 Å². The van der Waals surface area contributed by atoms with E-state index in [-0.39, 0.29) is 19.5 Å². The van der Waals surface area contributed by atoms with Gasteiger partial charge in [-0.3, -0.25) is 19.2 Å². The summed E-state index contributed by atoms with van der Waals surface area (Å²) in [4.78, 5) is 55.9. The summed E-state index contributed by atoms with van der Waals surface area (Å²) in [7, 11) is 1.49. The van der Waals surface area contributed by atoms with Gasteiger partial charge in [0.1, 0.15) is 18.6 Å². The Morgan fingerprint density at radius 2 is 1.90 bits per heavy atom. The van der Waals surface area contributed by atoms with E-state index in [2.05, 4.69) is 10.6 Å². The molecule has 0 heterocycles. The Morgan fingerprint density at radius 1 is 1.24 bits per heavy atom. The fourth-order valence-electron chi connectivity index (χ4n) is 1.30. The van der Waals surface area contributed by atoms with Crippen LogP contribution in [0.5, 0.6) is 0 Å². The molecule has 0 radical (unpaired) electrons. The minimum atomic E-state index is -0.770. The first kappa shape index (κ1) is 18.5. The van der Waals surface area contributed by atoms with E-state index in [9.17, 15) is 24.0 Å². The van der Waals surface area contributed by atoms with Crippen LogP contribution in [0, 0.1) is 0 Å². The van der Waals surface area contributed by atoms with Crippen LogP contribution in [0.1, 0.15) is 13.3 Å². The fourth-order valence-corrected chi connectivity index (χ4v) is 1.30. The molecule has 1 atom stereocenters. The number of allylic oxidation sites excluding steroid dienone is 1. The molecular formula is C13H19N3O5. The van der Waals surface area contributed by atoms with Gasteiger partial charge in [-0.1, -0.05) is 0 Å². The molecule has 0 rings (SSSR count). The molecule has 0 aromatic carbocycles. The van der Waals surface area contributed by atoms with Crippen LogP contribution in [0.2, 0.25) is 0 Å². The van der Waals surface area contributed by atoms with Crippen LogP contribution in [0.25, 0.3) is 0 Å². The van der Waals surface area contributed by atoms with Gasteiger partial charge in [-0.15, -0.1) is 0 Å². The van der Waals surface area contributed by atoms with Gasteiger partial charge in [-0.25, -0.2) is 0 Å². The summed E-state index contributed by atoms with van der Waals surface area (Å²) in [5, 5.41) is 4.76. The molecule has 1 unspecified atom stereocenters. The van der Waals surface area contributed by atoms with Crippen molar-refractivity contribution < 1.29 is 24.0 Å². The van der Waals surface area contributed by atoms with Crippen LogP contribution in [0.15, 0.2) is 12.2 Å². The summed E-state index contributed by atoms with van der Waals surface area (Å²) in [5.74, 6) is -1.26. The highest BCUT2D eigenvalue weighted by molar-refractivity contribution is 5.91. The van der Waals surface area contributed by atoms with Gasteiger partial charge < -0.3 is 20.3 Å². The quantitative estimate of drug-likeness (QED) is 0.393. The topological polar surface area (TPSA) is 113 Å². The molecule has 0 fully saturated rings. The van der Waals surface area contributed by atoms with E-state index in [1.807, 2.05) is 0 Å². The minimum Gasteiger partial charge on any atom is -0.348 e. The molecule has 0 bridgehead atoms. The maximum Gasteiger partial charge on any atom is 0.246 e. The third-order valence-electron chi connectivity index (χ3n) is 2.50. The number of nitrogens with one attached hydrogen (secondary N) is 2. The van der Waals surface area contributed by atoms with E-state index >= 15 is 0 Å². The zero-order valence-corrected chi connectivity index (χ0v) is 12.0. The van der Waals surface area contributed by atoms with Gasteiger partial charge >= 0.3 is 0 Å². The van der Waals surface area contributed by atoms with Crippen molar-refractivity contribution in [2.75, 3.05) is 20.1 Å². The van der Waals surface area contributed by atoms with Gasteiger partial charge in [0.2, 0.25) is 17.7 Å². The lowest BCUT2D eigenvalue weighted by atomic mass is 10.2. The third-order valence-corrected chi connectivity index (χ3v) is 2.50. The van der Waals surface area contributed by atoms with Crippen LogP contribution in [-0.4, -0.2) is 61.4 Å². The number of hydrogen-bond acceptors (Lipinski definition) is 5. The molecule has 0 saturated heterocycles. The molecule has 0 aliphatic carbocycles. The lowest BCUT2D eigenvalue weighted by Crippen LogP contribution is -2.45. The smallest absolute Gasteiger partial charge is 0.246 e. The summed E-state index contributed by atoms with van der Waals surface area (Å²) in [6.45, 7) is 1.52. The molecule has 0 aliphatic rings. The van der Waals surface area contributed by atoms with Crippen molar-refractivity contribution in [2.24, 2.45) is 0 Å². The molecule has 0 spiro atoms. The number of likely N-dealkylation sites (N-methyl/N-ethyl adjacent to an activating group) is 1. The van der Waals surface area contributed by atoms with Crippen LogP contribution < -0.4 is 10.6 Å². The monoisotopic (exact) mass is 297 g/mol. The molecule has 0 aromatic heterocycles. The Hall–Kier alpha value is -2.51. The lowest BCUT2D eigenvalue weighted by Gasteiger charge is -2.16. The number of nitrogens with zero attached hydrogens (tertiary/aromatic N) is 1. The average molecular weight is 297 g/mol. The van der Waals surface area contributed by atoms with Crippen molar-refractivity contribution in [1.82, 2.24) is 15.5 Å². The van der Waals surface area contributed by atoms with Crippen LogP contribution in [0.3, 0.4) is 0 Å². The number of rotatable bonds is 9. The molecule has 2 N–H and O–H groups in total. The van der Waals surface area contributed by atoms with Gasteiger partial charge in [0.25, 0.3) is 0 Å². The summed E-state index contributed by atoms with van der Waals surface area (Å²) in [5.41, 5.74) is 0. The largest absolute Gasteiger partial charge is 0.348 e. The first-order valence-electron chi connectivity index (χ1n) is 6.30. The number of hydrogen-bond donors (Lipinski definition) is 2. The Balaban J connectivity index is 4.11. The van der Waals surface area contributed by atoms with Crippen molar-refractivity contribution in [3.05, 3.63) is 12.2 Å². The standard InChI is InChI=1S/C13H19N3O5/c1-10(13(21)14-6-9-18)15-11(19)5-7-16(2)12(20)4-3-8-17/h3-4,8-10H,5-7H2,1-2H3,(H,14,21)(H,15,19)/b4-3-. The van der Waals surface area contributed by atoms with Crippen LogP contribution in [0.4, 0.5) is 0 Å². The zero-order chi connectivity index (χ0) is 16.3. The summed E-state index contributed by atoms with van der Waals surface area (Å²) in [6, 6.07) is -0.770. The number of carbonyl (C=O) groups excluding carboxylic acids is 5. The number of amides is 3.